The minimum atomic E-state index is -0.469. The fourth-order valence-electron chi connectivity index (χ4n) is 3.09. The average molecular weight is 573 g/mol. The van der Waals surface area contributed by atoms with E-state index in [2.05, 4.69) is 27.9 Å². The zero-order valence-corrected chi connectivity index (χ0v) is 21.3. The molecule has 1 N–H and O–H groups in total. The molecule has 0 aliphatic heterocycles. The number of carbonyl (C=O) groups excluding carboxylic acids is 1. The van der Waals surface area contributed by atoms with Crippen LogP contribution in [0.25, 0.3) is 6.08 Å². The van der Waals surface area contributed by atoms with Gasteiger partial charge in [-0.05, 0) is 95.1 Å². The number of rotatable bonds is 7. The Morgan fingerprint density at radius 3 is 2.58 bits per heavy atom. The van der Waals surface area contributed by atoms with E-state index >= 15 is 0 Å². The van der Waals surface area contributed by atoms with Crippen LogP contribution in [0.4, 0.5) is 5.69 Å². The van der Waals surface area contributed by atoms with Crippen molar-refractivity contribution in [1.29, 1.82) is 5.26 Å². The molecule has 0 aromatic heterocycles. The summed E-state index contributed by atoms with van der Waals surface area (Å²) in [6.45, 7) is 4.24. The predicted octanol–water partition coefficient (Wildman–Crippen LogP) is 6.69. The Morgan fingerprint density at radius 1 is 1.18 bits per heavy atom. The van der Waals surface area contributed by atoms with Crippen LogP contribution in [0, 0.1) is 28.7 Å². The molecule has 0 unspecified atom stereocenters. The first-order valence-corrected chi connectivity index (χ1v) is 11.5. The highest BCUT2D eigenvalue weighted by molar-refractivity contribution is 14.1. The summed E-state index contributed by atoms with van der Waals surface area (Å²) in [6.07, 6.45) is 1.54. The summed E-state index contributed by atoms with van der Waals surface area (Å²) in [5.74, 6) is 0.626. The Kier molecular flexibility index (Phi) is 8.37. The molecule has 0 bridgehead atoms. The van der Waals surface area contributed by atoms with E-state index in [9.17, 15) is 10.1 Å². The molecule has 0 aliphatic rings. The number of halogens is 2. The monoisotopic (exact) mass is 572 g/mol. The quantitative estimate of drug-likeness (QED) is 0.194. The zero-order chi connectivity index (χ0) is 24.0. The highest BCUT2D eigenvalue weighted by Crippen LogP contribution is 2.35. The van der Waals surface area contributed by atoms with Gasteiger partial charge in [-0.15, -0.1) is 0 Å². The molecule has 3 rings (SSSR count). The lowest BCUT2D eigenvalue weighted by Crippen LogP contribution is -2.14. The van der Waals surface area contributed by atoms with Gasteiger partial charge in [-0.1, -0.05) is 35.9 Å². The molecule has 0 aliphatic carbocycles. The molecule has 5 nitrogen and oxygen atoms in total. The number of methoxy groups -OCH3 is 1. The minimum absolute atomic E-state index is 0.0106. The highest BCUT2D eigenvalue weighted by Gasteiger charge is 2.15. The summed E-state index contributed by atoms with van der Waals surface area (Å²) in [4.78, 5) is 12.7. The fourth-order valence-corrected chi connectivity index (χ4v) is 4.00. The van der Waals surface area contributed by atoms with E-state index in [1.807, 2.05) is 68.4 Å². The largest absolute Gasteiger partial charge is 0.493 e. The Hall–Kier alpha value is -3.02. The van der Waals surface area contributed by atoms with Gasteiger partial charge in [0.15, 0.2) is 11.5 Å². The molecule has 7 heteroatoms. The summed E-state index contributed by atoms with van der Waals surface area (Å²) in [5.41, 5.74) is 4.31. The molecule has 33 heavy (non-hydrogen) atoms. The van der Waals surface area contributed by atoms with Gasteiger partial charge in [0.2, 0.25) is 0 Å². The maximum absolute atomic E-state index is 12.7. The van der Waals surface area contributed by atoms with Gasteiger partial charge in [0.05, 0.1) is 10.7 Å². The number of nitrogens with one attached hydrogen (secondary N) is 1. The number of anilines is 1. The number of nitrogens with zero attached hydrogens (tertiary/aromatic N) is 1. The lowest BCUT2D eigenvalue weighted by molar-refractivity contribution is -0.112. The number of hydrogen-bond donors (Lipinski definition) is 1. The maximum atomic E-state index is 12.7. The van der Waals surface area contributed by atoms with E-state index in [0.29, 0.717) is 34.4 Å². The smallest absolute Gasteiger partial charge is 0.266 e. The van der Waals surface area contributed by atoms with Crippen molar-refractivity contribution in [2.24, 2.45) is 0 Å². The minimum Gasteiger partial charge on any atom is -0.493 e. The van der Waals surface area contributed by atoms with Crippen LogP contribution in [-0.2, 0) is 11.4 Å². The summed E-state index contributed by atoms with van der Waals surface area (Å²) in [6, 6.07) is 18.6. The van der Waals surface area contributed by atoms with Crippen LogP contribution in [0.3, 0.4) is 0 Å². The summed E-state index contributed by atoms with van der Waals surface area (Å²) >= 11 is 8.08. The van der Waals surface area contributed by atoms with Crippen LogP contribution in [0.1, 0.15) is 22.3 Å². The molecule has 0 radical (unpaired) electrons. The van der Waals surface area contributed by atoms with Crippen molar-refractivity contribution in [2.45, 2.75) is 20.5 Å². The summed E-state index contributed by atoms with van der Waals surface area (Å²) in [5, 5.41) is 13.1. The van der Waals surface area contributed by atoms with E-state index in [0.717, 1.165) is 20.3 Å². The molecule has 3 aromatic rings. The van der Waals surface area contributed by atoms with Crippen LogP contribution < -0.4 is 14.8 Å². The van der Waals surface area contributed by atoms with E-state index in [-0.39, 0.29) is 5.57 Å². The topological polar surface area (TPSA) is 71.3 Å². The average Bonchev–Trinajstić information content (AvgIpc) is 2.80. The van der Waals surface area contributed by atoms with Gasteiger partial charge in [-0.2, -0.15) is 5.26 Å². The van der Waals surface area contributed by atoms with Crippen LogP contribution in [-0.4, -0.2) is 13.0 Å². The number of nitriles is 1. The van der Waals surface area contributed by atoms with Crippen molar-refractivity contribution < 1.29 is 14.3 Å². The lowest BCUT2D eigenvalue weighted by Gasteiger charge is -2.14. The van der Waals surface area contributed by atoms with Crippen LogP contribution >= 0.6 is 34.2 Å². The summed E-state index contributed by atoms with van der Waals surface area (Å²) < 4.78 is 12.3. The Labute approximate surface area is 212 Å². The van der Waals surface area contributed by atoms with E-state index in [1.54, 1.807) is 13.2 Å². The maximum Gasteiger partial charge on any atom is 0.266 e. The molecule has 0 saturated carbocycles. The van der Waals surface area contributed by atoms with Gasteiger partial charge in [0, 0.05) is 10.7 Å². The summed E-state index contributed by atoms with van der Waals surface area (Å²) in [7, 11) is 1.55. The highest BCUT2D eigenvalue weighted by atomic mass is 127. The van der Waals surface area contributed by atoms with Gasteiger partial charge in [0.25, 0.3) is 5.91 Å². The molecular weight excluding hydrogens is 551 g/mol. The predicted molar refractivity (Wildman–Crippen MR) is 140 cm³/mol. The van der Waals surface area contributed by atoms with Crippen molar-refractivity contribution in [2.75, 3.05) is 12.4 Å². The van der Waals surface area contributed by atoms with Crippen molar-refractivity contribution in [3.8, 4) is 17.6 Å². The van der Waals surface area contributed by atoms with Gasteiger partial charge in [-0.3, -0.25) is 4.79 Å². The number of benzene rings is 3. The Balaban J connectivity index is 1.83. The molecule has 1 amide bonds. The molecule has 0 atom stereocenters. The lowest BCUT2D eigenvalue weighted by atomic mass is 10.1. The second-order valence-electron chi connectivity index (χ2n) is 7.32. The zero-order valence-electron chi connectivity index (χ0n) is 18.4. The van der Waals surface area contributed by atoms with E-state index < -0.39 is 5.91 Å². The number of carbonyl (C=O) groups is 1. The van der Waals surface area contributed by atoms with Gasteiger partial charge >= 0.3 is 0 Å². The number of amides is 1. The van der Waals surface area contributed by atoms with Crippen molar-refractivity contribution in [3.05, 3.63) is 91.0 Å². The second kappa shape index (κ2) is 11.2. The van der Waals surface area contributed by atoms with Crippen molar-refractivity contribution in [1.82, 2.24) is 0 Å². The molecule has 3 aromatic carbocycles. The van der Waals surface area contributed by atoms with E-state index in [4.69, 9.17) is 21.1 Å². The third-order valence-corrected chi connectivity index (χ3v) is 6.13. The van der Waals surface area contributed by atoms with Crippen LogP contribution in [0.2, 0.25) is 5.02 Å². The van der Waals surface area contributed by atoms with Crippen molar-refractivity contribution in [3.63, 3.8) is 0 Å². The normalized spacial score (nSPS) is 11.0. The fraction of sp³-hybridized carbons (Fsp3) is 0.154. The third kappa shape index (κ3) is 6.28. The Bertz CT molecular complexity index is 1250. The second-order valence-corrected chi connectivity index (χ2v) is 8.92. The number of aryl methyl sites for hydroxylation is 1. The molecule has 0 saturated heterocycles. The molecule has 168 valence electrons. The van der Waals surface area contributed by atoms with E-state index in [1.165, 1.54) is 6.08 Å². The standard InChI is InChI=1S/C26H22ClIN2O3/c1-16-5-4-6-23(17(16)2)30-26(31)20(14-29)11-19-12-22(28)25(24(13-19)32-3)33-15-18-7-9-21(27)10-8-18/h4-13H,15H2,1-3H3,(H,30,31)/b20-11-. The SMILES string of the molecule is COc1cc(/C=C(/C#N)C(=O)Nc2cccc(C)c2C)cc(I)c1OCc1ccc(Cl)cc1. The van der Waals surface area contributed by atoms with Crippen LogP contribution in [0.5, 0.6) is 11.5 Å². The first-order chi connectivity index (χ1) is 15.8. The number of ether oxygens (including phenoxy) is 2. The molecule has 0 spiro atoms. The number of hydrogen-bond acceptors (Lipinski definition) is 4. The van der Waals surface area contributed by atoms with Gasteiger partial charge in [-0.25, -0.2) is 0 Å². The first-order valence-electron chi connectivity index (χ1n) is 10.1. The first kappa shape index (κ1) is 24.6. The van der Waals surface area contributed by atoms with Crippen molar-refractivity contribution >= 4 is 51.9 Å². The van der Waals surface area contributed by atoms with Gasteiger partial charge < -0.3 is 14.8 Å². The van der Waals surface area contributed by atoms with Crippen LogP contribution in [0.15, 0.2) is 60.2 Å². The molecule has 0 heterocycles. The Morgan fingerprint density at radius 2 is 1.91 bits per heavy atom. The molecule has 0 fully saturated rings. The van der Waals surface area contributed by atoms with Gasteiger partial charge in [0.1, 0.15) is 18.2 Å². The molecular formula is C26H22ClIN2O3. The third-order valence-electron chi connectivity index (χ3n) is 5.08.